The van der Waals surface area contributed by atoms with Crippen LogP contribution in [0.15, 0.2) is 45.7 Å². The molecule has 2 rings (SSSR count). The van der Waals surface area contributed by atoms with Crippen LogP contribution in [0.2, 0.25) is 5.02 Å². The van der Waals surface area contributed by atoms with Gasteiger partial charge >= 0.3 is 0 Å². The Morgan fingerprint density at radius 1 is 1.40 bits per heavy atom. The molecule has 1 aromatic heterocycles. The normalized spacial score (nSPS) is 11.4. The fourth-order valence-corrected chi connectivity index (χ4v) is 2.37. The summed E-state index contributed by atoms with van der Waals surface area (Å²) >= 11 is 9.18. The number of rotatable bonds is 4. The number of halogens is 2. The van der Waals surface area contributed by atoms with Gasteiger partial charge in [-0.05, 0) is 33.6 Å². The smallest absolute Gasteiger partial charge is 0.254 e. The Hall–Kier alpha value is -1.26. The summed E-state index contributed by atoms with van der Waals surface area (Å²) in [7, 11) is 0. The van der Waals surface area contributed by atoms with E-state index in [0.29, 0.717) is 21.8 Å². The molecule has 0 saturated heterocycles. The summed E-state index contributed by atoms with van der Waals surface area (Å²) in [6.07, 6.45) is 1.42. The standard InChI is InChI=1S/C15H15BrClNO2/c1-15(2,11-4-3-5-12(17)7-11)9-18-14(19)10-6-13(16)20-8-10/h3-8H,9H2,1-2H3,(H,18,19). The molecule has 3 nitrogen and oxygen atoms in total. The molecule has 1 N–H and O–H groups in total. The third-order valence-electron chi connectivity index (χ3n) is 3.13. The lowest BCUT2D eigenvalue weighted by molar-refractivity contribution is 0.0945. The molecular formula is C15H15BrClNO2. The van der Waals surface area contributed by atoms with E-state index >= 15 is 0 Å². The molecule has 0 spiro atoms. The molecule has 1 heterocycles. The van der Waals surface area contributed by atoms with E-state index in [1.807, 2.05) is 24.3 Å². The van der Waals surface area contributed by atoms with Crippen LogP contribution in [0, 0.1) is 0 Å². The summed E-state index contributed by atoms with van der Waals surface area (Å²) in [5.74, 6) is -0.158. The van der Waals surface area contributed by atoms with Crippen LogP contribution >= 0.6 is 27.5 Å². The van der Waals surface area contributed by atoms with Crippen LogP contribution in [0.3, 0.4) is 0 Å². The van der Waals surface area contributed by atoms with Crippen molar-refractivity contribution in [2.24, 2.45) is 0 Å². The average Bonchev–Trinajstić information content (AvgIpc) is 2.83. The molecule has 2 aromatic rings. The number of hydrogen-bond donors (Lipinski definition) is 1. The second-order valence-electron chi connectivity index (χ2n) is 5.22. The Labute approximate surface area is 131 Å². The van der Waals surface area contributed by atoms with Crippen LogP contribution < -0.4 is 5.32 Å². The fraction of sp³-hybridized carbons (Fsp3) is 0.267. The van der Waals surface area contributed by atoms with Gasteiger partial charge in [0.05, 0.1) is 5.56 Å². The van der Waals surface area contributed by atoms with E-state index in [1.165, 1.54) is 6.26 Å². The van der Waals surface area contributed by atoms with Gasteiger partial charge in [-0.15, -0.1) is 0 Å². The van der Waals surface area contributed by atoms with Crippen LogP contribution in [0.5, 0.6) is 0 Å². The highest BCUT2D eigenvalue weighted by Crippen LogP contribution is 2.25. The first-order valence-electron chi connectivity index (χ1n) is 6.17. The van der Waals surface area contributed by atoms with E-state index in [0.717, 1.165) is 5.56 Å². The summed E-state index contributed by atoms with van der Waals surface area (Å²) in [6.45, 7) is 4.63. The van der Waals surface area contributed by atoms with Gasteiger partial charge in [-0.3, -0.25) is 4.79 Å². The third kappa shape index (κ3) is 3.64. The van der Waals surface area contributed by atoms with Crippen molar-refractivity contribution in [3.05, 3.63) is 57.4 Å². The van der Waals surface area contributed by atoms with Crippen molar-refractivity contribution in [2.75, 3.05) is 6.54 Å². The minimum absolute atomic E-state index is 0.158. The van der Waals surface area contributed by atoms with Crippen LogP contribution in [0.1, 0.15) is 29.8 Å². The lowest BCUT2D eigenvalue weighted by Gasteiger charge is -2.25. The predicted octanol–water partition coefficient (Wildman–Crippen LogP) is 4.40. The topological polar surface area (TPSA) is 42.2 Å². The molecule has 1 aromatic carbocycles. The quantitative estimate of drug-likeness (QED) is 0.882. The lowest BCUT2D eigenvalue weighted by Crippen LogP contribution is -2.36. The minimum Gasteiger partial charge on any atom is -0.457 e. The number of carbonyl (C=O) groups is 1. The Kier molecular flexibility index (Phi) is 4.55. The van der Waals surface area contributed by atoms with Crippen LogP contribution in [-0.2, 0) is 5.41 Å². The maximum atomic E-state index is 12.0. The van der Waals surface area contributed by atoms with E-state index in [2.05, 4.69) is 35.1 Å². The zero-order valence-electron chi connectivity index (χ0n) is 11.2. The number of nitrogens with one attached hydrogen (secondary N) is 1. The van der Waals surface area contributed by atoms with Gasteiger partial charge in [0, 0.05) is 23.0 Å². The van der Waals surface area contributed by atoms with Gasteiger partial charge in [-0.2, -0.15) is 0 Å². The Bertz CT molecular complexity index is 622. The molecule has 0 aliphatic carbocycles. The van der Waals surface area contributed by atoms with Crippen LogP contribution in [0.25, 0.3) is 0 Å². The number of amides is 1. The minimum atomic E-state index is -0.207. The lowest BCUT2D eigenvalue weighted by atomic mass is 9.84. The Morgan fingerprint density at radius 3 is 2.75 bits per heavy atom. The zero-order valence-corrected chi connectivity index (χ0v) is 13.6. The van der Waals surface area contributed by atoms with Gasteiger partial charge in [-0.1, -0.05) is 37.6 Å². The molecule has 0 fully saturated rings. The first-order valence-corrected chi connectivity index (χ1v) is 7.34. The molecule has 0 bridgehead atoms. The SMILES string of the molecule is CC(C)(CNC(=O)c1coc(Br)c1)c1cccc(Cl)c1. The Balaban J connectivity index is 2.04. The van der Waals surface area contributed by atoms with E-state index in [4.69, 9.17) is 16.0 Å². The van der Waals surface area contributed by atoms with Crippen LogP contribution in [0.4, 0.5) is 0 Å². The average molecular weight is 357 g/mol. The maximum Gasteiger partial charge on any atom is 0.254 e. The number of benzene rings is 1. The van der Waals surface area contributed by atoms with Gasteiger partial charge < -0.3 is 9.73 Å². The largest absolute Gasteiger partial charge is 0.457 e. The molecule has 0 saturated carbocycles. The zero-order chi connectivity index (χ0) is 14.8. The molecule has 20 heavy (non-hydrogen) atoms. The van der Waals surface area contributed by atoms with Crippen molar-refractivity contribution < 1.29 is 9.21 Å². The summed E-state index contributed by atoms with van der Waals surface area (Å²) in [4.78, 5) is 12.0. The molecule has 0 aliphatic rings. The third-order valence-corrected chi connectivity index (χ3v) is 3.78. The van der Waals surface area contributed by atoms with E-state index < -0.39 is 0 Å². The van der Waals surface area contributed by atoms with Crippen molar-refractivity contribution in [3.63, 3.8) is 0 Å². The Morgan fingerprint density at radius 2 is 2.15 bits per heavy atom. The van der Waals surface area contributed by atoms with Gasteiger partial charge in [0.25, 0.3) is 5.91 Å². The number of furan rings is 1. The van der Waals surface area contributed by atoms with Crippen LogP contribution in [-0.4, -0.2) is 12.5 Å². The van der Waals surface area contributed by atoms with Crippen molar-refractivity contribution in [1.29, 1.82) is 0 Å². The second kappa shape index (κ2) is 6.02. The van der Waals surface area contributed by atoms with Gasteiger partial charge in [0.2, 0.25) is 0 Å². The first-order chi connectivity index (χ1) is 9.38. The van der Waals surface area contributed by atoms with Gasteiger partial charge in [0.1, 0.15) is 6.26 Å². The highest BCUT2D eigenvalue weighted by atomic mass is 79.9. The number of carbonyl (C=O) groups excluding carboxylic acids is 1. The predicted molar refractivity (Wildman–Crippen MR) is 83.2 cm³/mol. The van der Waals surface area contributed by atoms with E-state index in [-0.39, 0.29) is 11.3 Å². The molecular weight excluding hydrogens is 342 g/mol. The molecule has 0 atom stereocenters. The summed E-state index contributed by atoms with van der Waals surface area (Å²) in [6, 6.07) is 9.31. The monoisotopic (exact) mass is 355 g/mol. The second-order valence-corrected chi connectivity index (χ2v) is 6.43. The van der Waals surface area contributed by atoms with E-state index in [1.54, 1.807) is 6.07 Å². The molecule has 0 aliphatic heterocycles. The molecule has 0 radical (unpaired) electrons. The van der Waals surface area contributed by atoms with Crippen molar-refractivity contribution >= 4 is 33.4 Å². The highest BCUT2D eigenvalue weighted by molar-refractivity contribution is 9.10. The molecule has 1 amide bonds. The molecule has 106 valence electrons. The first kappa shape index (κ1) is 15.1. The summed E-state index contributed by atoms with van der Waals surface area (Å²) < 4.78 is 5.59. The fourth-order valence-electron chi connectivity index (χ4n) is 1.84. The van der Waals surface area contributed by atoms with Crippen molar-refractivity contribution in [1.82, 2.24) is 5.32 Å². The molecule has 0 unspecified atom stereocenters. The van der Waals surface area contributed by atoms with Gasteiger partial charge in [-0.25, -0.2) is 0 Å². The van der Waals surface area contributed by atoms with Crippen molar-refractivity contribution in [3.8, 4) is 0 Å². The number of hydrogen-bond acceptors (Lipinski definition) is 2. The van der Waals surface area contributed by atoms with E-state index in [9.17, 15) is 4.79 Å². The highest BCUT2D eigenvalue weighted by Gasteiger charge is 2.22. The molecule has 5 heteroatoms. The summed E-state index contributed by atoms with van der Waals surface area (Å²) in [5.41, 5.74) is 1.37. The van der Waals surface area contributed by atoms with Gasteiger partial charge in [0.15, 0.2) is 4.67 Å². The van der Waals surface area contributed by atoms with Crippen molar-refractivity contribution in [2.45, 2.75) is 19.3 Å². The maximum absolute atomic E-state index is 12.0. The summed E-state index contributed by atoms with van der Waals surface area (Å²) in [5, 5.41) is 3.60.